The fraction of sp³-hybridized carbons (Fsp3) is 0.143. The van der Waals surface area contributed by atoms with E-state index < -0.39 is 23.5 Å². The van der Waals surface area contributed by atoms with Gasteiger partial charge >= 0.3 is 0 Å². The molecular weight excluding hydrogens is 480 g/mol. The van der Waals surface area contributed by atoms with Crippen molar-refractivity contribution in [3.05, 3.63) is 94.1 Å². The lowest BCUT2D eigenvalue weighted by atomic mass is 9.94. The van der Waals surface area contributed by atoms with Gasteiger partial charge in [0, 0.05) is 33.4 Å². The van der Waals surface area contributed by atoms with Crippen LogP contribution in [0.3, 0.4) is 0 Å². The Hall–Kier alpha value is -4.23. The van der Waals surface area contributed by atoms with Gasteiger partial charge in [-0.25, -0.2) is 0 Å². The lowest BCUT2D eigenvalue weighted by Crippen LogP contribution is -2.29. The van der Waals surface area contributed by atoms with E-state index >= 15 is 0 Å². The van der Waals surface area contributed by atoms with Gasteiger partial charge in [0.25, 0.3) is 11.7 Å². The standard InChI is InChI=1S/C28H23ClN2O5/c1-15-11-12-16(13-19(15)29)31-25(18-14-30-20-8-5-4-7-17(18)20)24(27(33)28(31)34)26(32)23-21(35-2)9-6-10-22(23)36-3/h4-14,25,30,32H,1-3H3/b26-24+. The van der Waals surface area contributed by atoms with Crippen LogP contribution in [0.2, 0.25) is 5.02 Å². The number of aliphatic hydroxyl groups excluding tert-OH is 1. The highest BCUT2D eigenvalue weighted by molar-refractivity contribution is 6.52. The SMILES string of the molecule is COc1cccc(OC)c1/C(O)=C1\C(=O)C(=O)N(c2ccc(C)c(Cl)c2)C1c1c[nH]c2ccccc12. The van der Waals surface area contributed by atoms with E-state index in [-0.39, 0.29) is 11.1 Å². The summed E-state index contributed by atoms with van der Waals surface area (Å²) in [6.45, 7) is 1.85. The highest BCUT2D eigenvalue weighted by atomic mass is 35.5. The number of nitrogens with zero attached hydrogens (tertiary/aromatic N) is 1. The highest BCUT2D eigenvalue weighted by Crippen LogP contribution is 2.47. The van der Waals surface area contributed by atoms with Crippen LogP contribution >= 0.6 is 11.6 Å². The Balaban J connectivity index is 1.83. The number of methoxy groups -OCH3 is 2. The molecule has 1 aliphatic heterocycles. The molecule has 1 fully saturated rings. The molecule has 1 aromatic heterocycles. The second-order valence-corrected chi connectivity index (χ2v) is 8.84. The summed E-state index contributed by atoms with van der Waals surface area (Å²) >= 11 is 6.39. The summed E-state index contributed by atoms with van der Waals surface area (Å²) in [6.07, 6.45) is 1.75. The molecule has 1 saturated heterocycles. The quantitative estimate of drug-likeness (QED) is 0.205. The minimum atomic E-state index is -0.936. The first kappa shape index (κ1) is 23.5. The third kappa shape index (κ3) is 3.60. The van der Waals surface area contributed by atoms with Gasteiger partial charge in [-0.05, 0) is 42.8 Å². The predicted molar refractivity (Wildman–Crippen MR) is 139 cm³/mol. The largest absolute Gasteiger partial charge is 0.506 e. The first-order valence-electron chi connectivity index (χ1n) is 11.2. The van der Waals surface area contributed by atoms with Gasteiger partial charge in [0.15, 0.2) is 0 Å². The Bertz CT molecular complexity index is 1530. The van der Waals surface area contributed by atoms with E-state index in [4.69, 9.17) is 21.1 Å². The summed E-state index contributed by atoms with van der Waals surface area (Å²) in [5.41, 5.74) is 2.86. The minimum absolute atomic E-state index is 0.0794. The van der Waals surface area contributed by atoms with Gasteiger partial charge in [-0.1, -0.05) is 41.9 Å². The van der Waals surface area contributed by atoms with E-state index in [1.807, 2.05) is 31.2 Å². The number of fused-ring (bicyclic) bond motifs is 1. The lowest BCUT2D eigenvalue weighted by Gasteiger charge is -2.25. The van der Waals surface area contributed by atoms with Gasteiger partial charge in [-0.2, -0.15) is 0 Å². The Morgan fingerprint density at radius 3 is 2.36 bits per heavy atom. The molecule has 4 aromatic rings. The number of amides is 1. The monoisotopic (exact) mass is 502 g/mol. The number of hydrogen-bond donors (Lipinski definition) is 2. The summed E-state index contributed by atoms with van der Waals surface area (Å²) in [4.78, 5) is 31.7. The number of carbonyl (C=O) groups excluding carboxylic acids is 2. The van der Waals surface area contributed by atoms with Crippen LogP contribution < -0.4 is 14.4 Å². The molecule has 36 heavy (non-hydrogen) atoms. The third-order valence-electron chi connectivity index (χ3n) is 6.46. The second kappa shape index (κ2) is 9.09. The predicted octanol–water partition coefficient (Wildman–Crippen LogP) is 5.77. The van der Waals surface area contributed by atoms with Crippen LogP contribution in [0.15, 0.2) is 72.4 Å². The number of ether oxygens (including phenoxy) is 2. The molecule has 1 aliphatic rings. The summed E-state index contributed by atoms with van der Waals surface area (Å²) in [6, 6.07) is 16.8. The third-order valence-corrected chi connectivity index (χ3v) is 6.87. The molecule has 2 heterocycles. The number of nitrogens with one attached hydrogen (secondary N) is 1. The second-order valence-electron chi connectivity index (χ2n) is 8.43. The fourth-order valence-corrected chi connectivity index (χ4v) is 4.84. The maximum absolute atomic E-state index is 13.6. The Kier molecular flexibility index (Phi) is 5.94. The van der Waals surface area contributed by atoms with Crippen LogP contribution in [0.5, 0.6) is 11.5 Å². The zero-order valence-electron chi connectivity index (χ0n) is 19.8. The number of hydrogen-bond acceptors (Lipinski definition) is 5. The smallest absolute Gasteiger partial charge is 0.300 e. The van der Waals surface area contributed by atoms with E-state index in [1.165, 1.54) is 19.1 Å². The summed E-state index contributed by atoms with van der Waals surface area (Å²) in [5, 5.41) is 12.9. The molecule has 2 N–H and O–H groups in total. The van der Waals surface area contributed by atoms with Crippen LogP contribution in [0.1, 0.15) is 22.7 Å². The van der Waals surface area contributed by atoms with Crippen molar-refractivity contribution < 1.29 is 24.2 Å². The molecule has 1 unspecified atom stereocenters. The van der Waals surface area contributed by atoms with Gasteiger partial charge in [0.05, 0.1) is 25.8 Å². The van der Waals surface area contributed by atoms with Crippen molar-refractivity contribution in [2.75, 3.05) is 19.1 Å². The van der Waals surface area contributed by atoms with E-state index in [0.29, 0.717) is 27.8 Å². The fourth-order valence-electron chi connectivity index (χ4n) is 4.66. The zero-order chi connectivity index (χ0) is 25.6. The van der Waals surface area contributed by atoms with Crippen LogP contribution in [-0.4, -0.2) is 36.0 Å². The molecule has 1 atom stereocenters. The van der Waals surface area contributed by atoms with Crippen LogP contribution in [-0.2, 0) is 9.59 Å². The van der Waals surface area contributed by atoms with Crippen LogP contribution in [0.4, 0.5) is 5.69 Å². The number of aryl methyl sites for hydroxylation is 1. The van der Waals surface area contributed by atoms with E-state index in [2.05, 4.69) is 4.98 Å². The molecule has 0 saturated carbocycles. The molecule has 182 valence electrons. The zero-order valence-corrected chi connectivity index (χ0v) is 20.6. The number of rotatable bonds is 5. The van der Waals surface area contributed by atoms with Crippen molar-refractivity contribution in [2.24, 2.45) is 0 Å². The van der Waals surface area contributed by atoms with Gasteiger partial charge in [0.1, 0.15) is 22.8 Å². The van der Waals surface area contributed by atoms with E-state index in [1.54, 1.807) is 42.6 Å². The molecule has 0 spiro atoms. The van der Waals surface area contributed by atoms with Gasteiger partial charge in [0.2, 0.25) is 0 Å². The van der Waals surface area contributed by atoms with Crippen LogP contribution in [0.25, 0.3) is 16.7 Å². The molecule has 1 amide bonds. The van der Waals surface area contributed by atoms with E-state index in [0.717, 1.165) is 16.5 Å². The van der Waals surface area contributed by atoms with Crippen molar-refractivity contribution in [1.82, 2.24) is 4.98 Å². The highest BCUT2D eigenvalue weighted by Gasteiger charge is 2.48. The normalized spacial score (nSPS) is 17.1. The Labute approximate surface area is 212 Å². The van der Waals surface area contributed by atoms with Crippen LogP contribution in [0, 0.1) is 6.92 Å². The van der Waals surface area contributed by atoms with Gasteiger partial charge in [-0.15, -0.1) is 0 Å². The molecule has 8 heteroatoms. The number of benzene rings is 3. The van der Waals surface area contributed by atoms with Crippen molar-refractivity contribution >= 4 is 45.6 Å². The molecule has 0 aliphatic carbocycles. The number of halogens is 1. The first-order valence-corrected chi connectivity index (χ1v) is 11.6. The van der Waals surface area contributed by atoms with Crippen molar-refractivity contribution in [2.45, 2.75) is 13.0 Å². The average Bonchev–Trinajstić information content (AvgIpc) is 3.43. The van der Waals surface area contributed by atoms with Gasteiger partial charge in [-0.3, -0.25) is 14.5 Å². The minimum Gasteiger partial charge on any atom is -0.506 e. The van der Waals surface area contributed by atoms with Crippen molar-refractivity contribution in [3.63, 3.8) is 0 Å². The first-order chi connectivity index (χ1) is 17.4. The molecule has 5 rings (SSSR count). The molecule has 3 aromatic carbocycles. The number of anilines is 1. The molecular formula is C28H23ClN2O5. The number of para-hydroxylation sites is 1. The summed E-state index contributed by atoms with van der Waals surface area (Å²) < 4.78 is 10.9. The number of ketones is 1. The van der Waals surface area contributed by atoms with Crippen molar-refractivity contribution in [3.8, 4) is 11.5 Å². The Morgan fingerprint density at radius 1 is 1.00 bits per heavy atom. The number of aromatic nitrogens is 1. The maximum atomic E-state index is 13.6. The molecule has 0 radical (unpaired) electrons. The topological polar surface area (TPSA) is 91.9 Å². The number of Topliss-reactive ketones (excluding diaryl/α,β-unsaturated/α-hetero) is 1. The van der Waals surface area contributed by atoms with Crippen molar-refractivity contribution in [1.29, 1.82) is 0 Å². The molecule has 0 bridgehead atoms. The number of aliphatic hydroxyl groups is 1. The Morgan fingerprint density at radius 2 is 1.69 bits per heavy atom. The van der Waals surface area contributed by atoms with Gasteiger partial charge < -0.3 is 19.6 Å². The number of H-pyrrole nitrogens is 1. The number of carbonyl (C=O) groups is 2. The lowest BCUT2D eigenvalue weighted by molar-refractivity contribution is -0.132. The molecule has 7 nitrogen and oxygen atoms in total. The summed E-state index contributed by atoms with van der Waals surface area (Å²) in [7, 11) is 2.91. The van der Waals surface area contributed by atoms with E-state index in [9.17, 15) is 14.7 Å². The average molecular weight is 503 g/mol. The number of aromatic amines is 1. The maximum Gasteiger partial charge on any atom is 0.300 e. The summed E-state index contributed by atoms with van der Waals surface area (Å²) in [5.74, 6) is -1.39.